The van der Waals surface area contributed by atoms with Crippen LogP contribution in [0.3, 0.4) is 0 Å². The second-order valence-electron chi connectivity index (χ2n) is 9.09. The summed E-state index contributed by atoms with van der Waals surface area (Å²) in [7, 11) is 0. The Morgan fingerprint density at radius 3 is 2.37 bits per heavy atom. The van der Waals surface area contributed by atoms with E-state index in [4.69, 9.17) is 9.47 Å². The number of benzene rings is 2. The molecule has 3 N–H and O–H groups in total. The van der Waals surface area contributed by atoms with Gasteiger partial charge in [-0.3, -0.25) is 4.79 Å². The Bertz CT molecular complexity index is 1030. The predicted octanol–water partition coefficient (Wildman–Crippen LogP) is 3.69. The summed E-state index contributed by atoms with van der Waals surface area (Å²) < 4.78 is 10.8. The first-order chi connectivity index (χ1) is 17.0. The third-order valence-corrected chi connectivity index (χ3v) is 6.79. The first-order valence-electron chi connectivity index (χ1n) is 12.2. The normalized spacial score (nSPS) is 19.5. The molecule has 0 radical (unpaired) electrons. The SMILES string of the molecule is CCCCC(NC(=O)OCC1c2ccccc2-c2ccccc21)C(=O)NC[C@@H]1CCO[C@@H]1C(=O)O. The molecule has 0 aromatic heterocycles. The Balaban J connectivity index is 1.35. The van der Waals surface area contributed by atoms with Crippen LogP contribution in [0, 0.1) is 5.92 Å². The smallest absolute Gasteiger partial charge is 0.407 e. The lowest BCUT2D eigenvalue weighted by molar-refractivity contribution is -0.149. The topological polar surface area (TPSA) is 114 Å². The lowest BCUT2D eigenvalue weighted by Gasteiger charge is -2.21. The van der Waals surface area contributed by atoms with E-state index in [1.54, 1.807) is 0 Å². The molecule has 4 rings (SSSR count). The highest BCUT2D eigenvalue weighted by Gasteiger charge is 2.35. The highest BCUT2D eigenvalue weighted by atomic mass is 16.5. The monoisotopic (exact) mass is 480 g/mol. The Kier molecular flexibility index (Phi) is 8.02. The second-order valence-corrected chi connectivity index (χ2v) is 9.09. The molecule has 1 aliphatic heterocycles. The van der Waals surface area contributed by atoms with Crippen LogP contribution in [0.4, 0.5) is 4.79 Å². The summed E-state index contributed by atoms with van der Waals surface area (Å²) in [5.41, 5.74) is 4.53. The quantitative estimate of drug-likeness (QED) is 0.478. The van der Waals surface area contributed by atoms with E-state index < -0.39 is 24.2 Å². The number of fused-ring (bicyclic) bond motifs is 3. The average molecular weight is 481 g/mol. The molecule has 8 heteroatoms. The summed E-state index contributed by atoms with van der Waals surface area (Å²) in [5, 5.41) is 14.8. The maximum Gasteiger partial charge on any atom is 0.407 e. The summed E-state index contributed by atoms with van der Waals surface area (Å²) in [6.45, 7) is 2.72. The zero-order valence-electron chi connectivity index (χ0n) is 19.9. The Morgan fingerprint density at radius 1 is 1.09 bits per heavy atom. The van der Waals surface area contributed by atoms with Crippen molar-refractivity contribution in [2.45, 2.75) is 50.7 Å². The molecule has 8 nitrogen and oxygen atoms in total. The predicted molar refractivity (Wildman–Crippen MR) is 130 cm³/mol. The fourth-order valence-corrected chi connectivity index (χ4v) is 4.93. The second kappa shape index (κ2) is 11.4. The number of carboxylic acid groups (broad SMARTS) is 1. The van der Waals surface area contributed by atoms with Crippen LogP contribution in [0.2, 0.25) is 0 Å². The maximum atomic E-state index is 12.8. The van der Waals surface area contributed by atoms with Gasteiger partial charge in [0.2, 0.25) is 5.91 Å². The van der Waals surface area contributed by atoms with Crippen molar-refractivity contribution in [1.82, 2.24) is 10.6 Å². The summed E-state index contributed by atoms with van der Waals surface area (Å²) >= 11 is 0. The van der Waals surface area contributed by atoms with Crippen LogP contribution in [0.1, 0.15) is 49.7 Å². The van der Waals surface area contributed by atoms with E-state index in [0.29, 0.717) is 19.4 Å². The Morgan fingerprint density at radius 2 is 1.74 bits per heavy atom. The van der Waals surface area contributed by atoms with E-state index in [1.165, 1.54) is 0 Å². The average Bonchev–Trinajstić information content (AvgIpc) is 3.47. The van der Waals surface area contributed by atoms with Crippen LogP contribution in [0.5, 0.6) is 0 Å². The van der Waals surface area contributed by atoms with Crippen molar-refractivity contribution in [3.05, 3.63) is 59.7 Å². The third-order valence-electron chi connectivity index (χ3n) is 6.79. The lowest BCUT2D eigenvalue weighted by atomic mass is 9.98. The van der Waals surface area contributed by atoms with Gasteiger partial charge in [-0.2, -0.15) is 0 Å². The van der Waals surface area contributed by atoms with E-state index in [0.717, 1.165) is 35.1 Å². The van der Waals surface area contributed by atoms with Gasteiger partial charge in [0.15, 0.2) is 6.10 Å². The van der Waals surface area contributed by atoms with Crippen molar-refractivity contribution in [1.29, 1.82) is 0 Å². The highest BCUT2D eigenvalue weighted by molar-refractivity contribution is 5.86. The highest BCUT2D eigenvalue weighted by Crippen LogP contribution is 2.44. The van der Waals surface area contributed by atoms with Crippen molar-refractivity contribution in [2.75, 3.05) is 19.8 Å². The molecule has 2 aromatic rings. The van der Waals surface area contributed by atoms with Gasteiger partial charge in [-0.05, 0) is 35.1 Å². The number of nitrogens with one attached hydrogen (secondary N) is 2. The molecule has 1 unspecified atom stereocenters. The Hall–Kier alpha value is -3.39. The lowest BCUT2D eigenvalue weighted by Crippen LogP contribution is -2.48. The molecule has 35 heavy (non-hydrogen) atoms. The Labute approximate surface area is 205 Å². The minimum Gasteiger partial charge on any atom is -0.479 e. The molecule has 0 spiro atoms. The number of aliphatic carboxylic acids is 1. The van der Waals surface area contributed by atoms with E-state index >= 15 is 0 Å². The van der Waals surface area contributed by atoms with E-state index in [9.17, 15) is 19.5 Å². The number of alkyl carbamates (subject to hydrolysis) is 1. The number of hydrogen-bond acceptors (Lipinski definition) is 5. The van der Waals surface area contributed by atoms with Gasteiger partial charge in [0.25, 0.3) is 0 Å². The molecule has 0 saturated carbocycles. The van der Waals surface area contributed by atoms with Crippen molar-refractivity contribution in [3.63, 3.8) is 0 Å². The van der Waals surface area contributed by atoms with E-state index in [-0.39, 0.29) is 30.9 Å². The molecule has 2 aliphatic rings. The van der Waals surface area contributed by atoms with Crippen LogP contribution < -0.4 is 10.6 Å². The van der Waals surface area contributed by atoms with Gasteiger partial charge in [0.1, 0.15) is 12.6 Å². The first kappa shape index (κ1) is 24.7. The van der Waals surface area contributed by atoms with Crippen LogP contribution in [0.15, 0.2) is 48.5 Å². The van der Waals surface area contributed by atoms with Gasteiger partial charge >= 0.3 is 12.1 Å². The molecule has 2 aromatic carbocycles. The van der Waals surface area contributed by atoms with E-state index in [1.807, 2.05) is 31.2 Å². The number of carbonyl (C=O) groups is 3. The van der Waals surface area contributed by atoms with E-state index in [2.05, 4.69) is 34.9 Å². The molecular formula is C27H32N2O6. The molecule has 2 amide bonds. The summed E-state index contributed by atoms with van der Waals surface area (Å²) in [4.78, 5) is 36.8. The van der Waals surface area contributed by atoms with Gasteiger partial charge in [0, 0.05) is 25.0 Å². The first-order valence-corrected chi connectivity index (χ1v) is 12.2. The van der Waals surface area contributed by atoms with Gasteiger partial charge in [-0.25, -0.2) is 9.59 Å². The van der Waals surface area contributed by atoms with Crippen molar-refractivity contribution < 1.29 is 29.0 Å². The fraction of sp³-hybridized carbons (Fsp3) is 0.444. The minimum absolute atomic E-state index is 0.0635. The number of ether oxygens (including phenoxy) is 2. The van der Waals surface area contributed by atoms with Gasteiger partial charge in [0.05, 0.1) is 0 Å². The zero-order chi connectivity index (χ0) is 24.8. The summed E-state index contributed by atoms with van der Waals surface area (Å²) in [5.74, 6) is -1.73. The number of hydrogen-bond donors (Lipinski definition) is 3. The molecule has 1 aliphatic carbocycles. The number of carbonyl (C=O) groups excluding carboxylic acids is 2. The molecule has 1 saturated heterocycles. The summed E-state index contributed by atoms with van der Waals surface area (Å²) in [6.07, 6.45) is 1.10. The van der Waals surface area contributed by atoms with Crippen molar-refractivity contribution in [2.24, 2.45) is 5.92 Å². The number of amides is 2. The third kappa shape index (κ3) is 5.65. The van der Waals surface area contributed by atoms with Gasteiger partial charge < -0.3 is 25.2 Å². The molecule has 0 bridgehead atoms. The van der Waals surface area contributed by atoms with Crippen LogP contribution >= 0.6 is 0 Å². The van der Waals surface area contributed by atoms with Crippen molar-refractivity contribution in [3.8, 4) is 11.1 Å². The molecule has 186 valence electrons. The van der Waals surface area contributed by atoms with Gasteiger partial charge in [-0.1, -0.05) is 68.3 Å². The fourth-order valence-electron chi connectivity index (χ4n) is 4.93. The largest absolute Gasteiger partial charge is 0.479 e. The van der Waals surface area contributed by atoms with Crippen molar-refractivity contribution >= 4 is 18.0 Å². The number of rotatable bonds is 10. The number of carboxylic acids is 1. The standard InChI is InChI=1S/C27H32N2O6/c1-2-3-12-23(25(30)28-15-17-13-14-34-24(17)26(31)32)29-27(33)35-16-22-20-10-6-4-8-18(20)19-9-5-7-11-21(19)22/h4-11,17,22-24H,2-3,12-16H2,1H3,(H,28,30)(H,29,33)(H,31,32)/t17-,23?,24-/m0/s1. The number of unbranched alkanes of at least 4 members (excludes halogenated alkanes) is 1. The molecule has 1 heterocycles. The minimum atomic E-state index is -1.03. The van der Waals surface area contributed by atoms with Crippen LogP contribution in [0.25, 0.3) is 11.1 Å². The van der Waals surface area contributed by atoms with Gasteiger partial charge in [-0.15, -0.1) is 0 Å². The zero-order valence-corrected chi connectivity index (χ0v) is 19.9. The molecule has 3 atom stereocenters. The maximum absolute atomic E-state index is 12.8. The van der Waals surface area contributed by atoms with Crippen LogP contribution in [-0.2, 0) is 19.1 Å². The molecular weight excluding hydrogens is 448 g/mol. The van der Waals surface area contributed by atoms with Crippen LogP contribution in [-0.4, -0.2) is 55.0 Å². The summed E-state index contributed by atoms with van der Waals surface area (Å²) in [6, 6.07) is 15.5. The molecule has 1 fully saturated rings.